The number of piperidine rings is 1. The number of halogens is 5. The first kappa shape index (κ1) is 49.2. The summed E-state index contributed by atoms with van der Waals surface area (Å²) in [5.74, 6) is -3.51. The van der Waals surface area contributed by atoms with Gasteiger partial charge in [0.1, 0.15) is 23.4 Å². The number of hydrogen-bond acceptors (Lipinski definition) is 9. The van der Waals surface area contributed by atoms with Crippen molar-refractivity contribution >= 4 is 46.9 Å². The Morgan fingerprint density at radius 1 is 0.954 bits per heavy atom. The van der Waals surface area contributed by atoms with Crippen molar-refractivity contribution in [2.45, 2.75) is 82.3 Å². The van der Waals surface area contributed by atoms with Gasteiger partial charge in [0.15, 0.2) is 0 Å². The second kappa shape index (κ2) is 21.9. The number of imidazole rings is 1. The number of nitrogens with one attached hydrogen (secondary N) is 3. The smallest absolute Gasteiger partial charge is 0.389 e. The summed E-state index contributed by atoms with van der Waals surface area (Å²) >= 11 is 12.5. The minimum Gasteiger partial charge on any atom is -0.481 e. The van der Waals surface area contributed by atoms with Crippen LogP contribution in [0.25, 0.3) is 11.3 Å². The van der Waals surface area contributed by atoms with Crippen LogP contribution in [0.3, 0.4) is 0 Å². The number of rotatable bonds is 20. The van der Waals surface area contributed by atoms with Crippen LogP contribution in [0, 0.1) is 5.92 Å². The summed E-state index contributed by atoms with van der Waals surface area (Å²) in [6.07, 6.45) is -3.56. The number of nitrogens with zero attached hydrogens (tertiary/aromatic N) is 4. The second-order valence-electron chi connectivity index (χ2n) is 16.8. The van der Waals surface area contributed by atoms with Crippen molar-refractivity contribution in [2.24, 2.45) is 13.0 Å². The molecule has 4 aromatic rings. The van der Waals surface area contributed by atoms with Gasteiger partial charge in [-0.1, -0.05) is 41.4 Å². The number of alkyl halides is 3. The van der Waals surface area contributed by atoms with E-state index in [0.29, 0.717) is 45.5 Å². The van der Waals surface area contributed by atoms with Crippen LogP contribution in [0.5, 0.6) is 11.5 Å². The van der Waals surface area contributed by atoms with Crippen molar-refractivity contribution in [1.29, 1.82) is 0 Å². The van der Waals surface area contributed by atoms with E-state index in [-0.39, 0.29) is 32.7 Å². The zero-order valence-electron chi connectivity index (χ0n) is 36.4. The van der Waals surface area contributed by atoms with Crippen molar-refractivity contribution in [3.63, 3.8) is 0 Å². The number of carbonyl (C=O) groups excluding carboxylic acids is 3. The molecule has 350 valence electrons. The zero-order chi connectivity index (χ0) is 46.9. The summed E-state index contributed by atoms with van der Waals surface area (Å²) in [7, 11) is 3.37. The lowest BCUT2D eigenvalue weighted by molar-refractivity contribution is -0.164. The van der Waals surface area contributed by atoms with E-state index in [0.717, 1.165) is 36.7 Å². The first-order valence-electron chi connectivity index (χ1n) is 21.4. The fourth-order valence-electron chi connectivity index (χ4n) is 8.14. The first-order valence-corrected chi connectivity index (χ1v) is 22.1. The van der Waals surface area contributed by atoms with Gasteiger partial charge in [0.25, 0.3) is 0 Å². The van der Waals surface area contributed by atoms with Gasteiger partial charge >= 0.3 is 12.1 Å². The number of carboxylic acids is 1. The molecule has 4 atom stereocenters. The predicted octanol–water partition coefficient (Wildman–Crippen LogP) is 6.76. The van der Waals surface area contributed by atoms with Crippen LogP contribution < -0.4 is 20.7 Å². The maximum Gasteiger partial charge on any atom is 0.389 e. The van der Waals surface area contributed by atoms with E-state index in [2.05, 4.69) is 30.4 Å². The molecule has 19 heteroatoms. The molecule has 3 heterocycles. The molecule has 65 heavy (non-hydrogen) atoms. The molecule has 1 aromatic heterocycles. The van der Waals surface area contributed by atoms with E-state index in [9.17, 15) is 37.5 Å². The number of carbonyl (C=O) groups is 4. The van der Waals surface area contributed by atoms with E-state index >= 15 is 0 Å². The fourth-order valence-corrected chi connectivity index (χ4v) is 8.43. The lowest BCUT2D eigenvalue weighted by atomic mass is 9.82. The molecule has 4 N–H and O–H groups in total. The fraction of sp³-hybridized carbons (Fsp3) is 0.457. The predicted molar refractivity (Wildman–Crippen MR) is 238 cm³/mol. The SMILES string of the molecule is COCC(NC(=O)C(C)NCc1ccc(Cl)cc1Oc1ccc(-c2cnc(CN3CCC3)n2C)cc1)C(=O)N[C@@]1(Cc2ccc(Cl)cc2)CCCN(C(=O)C(CC(=O)O)CC(F)(F)F)C1. The van der Waals surface area contributed by atoms with E-state index in [1.807, 2.05) is 37.5 Å². The number of aromatic nitrogens is 2. The molecule has 0 saturated carbocycles. The Labute approximate surface area is 385 Å². The minimum atomic E-state index is -4.78. The number of hydrogen-bond donors (Lipinski definition) is 4. The average Bonchev–Trinajstić information content (AvgIpc) is 3.60. The normalized spacial score (nSPS) is 18.0. The van der Waals surface area contributed by atoms with Crippen LogP contribution in [0.15, 0.2) is 72.9 Å². The standard InChI is InChI=1S/C46H54Cl2F3N7O7/c1-29(52-24-32-8-13-35(48)21-39(32)65-36-14-9-31(10-15-36)38-25-53-40(56(38)2)26-57-17-5-18-57)42(61)54-37(27-64-3)43(62)55-45(22-30-6-11-34(47)12-7-30)16-4-19-58(28-45)44(63)33(20-41(59)60)23-46(49,50)51/h6-15,21,25,29,33,37,52H,4-5,16-20,22-24,26-28H2,1-3H3,(H,54,61)(H,55,62)(H,59,60)/t29?,33?,37?,45-/m1/s1. The summed E-state index contributed by atoms with van der Waals surface area (Å²) < 4.78 is 54.2. The molecule has 2 aliphatic rings. The highest BCUT2D eigenvalue weighted by Crippen LogP contribution is 2.33. The van der Waals surface area contributed by atoms with Crippen molar-refractivity contribution in [3.05, 3.63) is 99.9 Å². The van der Waals surface area contributed by atoms with Gasteiger partial charge in [-0.3, -0.25) is 24.1 Å². The topological polar surface area (TPSA) is 167 Å². The largest absolute Gasteiger partial charge is 0.481 e. The first-order chi connectivity index (χ1) is 30.9. The van der Waals surface area contributed by atoms with Crippen LogP contribution >= 0.6 is 23.2 Å². The molecule has 3 amide bonds. The van der Waals surface area contributed by atoms with Crippen molar-refractivity contribution < 1.29 is 46.9 Å². The third kappa shape index (κ3) is 13.7. The number of carboxylic acid groups (broad SMARTS) is 1. The van der Waals surface area contributed by atoms with Gasteiger partial charge in [0.05, 0.1) is 55.4 Å². The number of aliphatic carboxylic acids is 1. The second-order valence-corrected chi connectivity index (χ2v) is 17.7. The number of ether oxygens (including phenoxy) is 2. The van der Waals surface area contributed by atoms with Gasteiger partial charge in [-0.15, -0.1) is 0 Å². The lowest BCUT2D eigenvalue weighted by Gasteiger charge is -2.45. The monoisotopic (exact) mass is 943 g/mol. The van der Waals surface area contributed by atoms with Gasteiger partial charge < -0.3 is 40.0 Å². The maximum atomic E-state index is 14.1. The molecule has 0 spiro atoms. The van der Waals surface area contributed by atoms with Gasteiger partial charge in [0, 0.05) is 55.0 Å². The molecular formula is C46H54Cl2F3N7O7. The molecule has 14 nitrogen and oxygen atoms in total. The molecule has 2 fully saturated rings. The Hall–Kier alpha value is -5.20. The number of likely N-dealkylation sites (tertiary alicyclic amines) is 2. The lowest BCUT2D eigenvalue weighted by Crippen LogP contribution is -2.65. The Balaban J connectivity index is 1.11. The van der Waals surface area contributed by atoms with Crippen molar-refractivity contribution in [2.75, 3.05) is 39.9 Å². The highest BCUT2D eigenvalue weighted by atomic mass is 35.5. The van der Waals surface area contributed by atoms with Gasteiger partial charge in [0.2, 0.25) is 17.7 Å². The number of methoxy groups -OCH3 is 1. The van der Waals surface area contributed by atoms with Crippen molar-refractivity contribution in [3.8, 4) is 22.8 Å². The van der Waals surface area contributed by atoms with E-state index in [1.165, 1.54) is 18.4 Å². The van der Waals surface area contributed by atoms with Crippen LogP contribution in [0.2, 0.25) is 10.0 Å². The third-order valence-corrected chi connectivity index (χ3v) is 12.2. The quantitative estimate of drug-likeness (QED) is 0.0744. The van der Waals surface area contributed by atoms with Crippen molar-refractivity contribution in [1.82, 2.24) is 35.3 Å². The molecule has 3 unspecified atom stereocenters. The van der Waals surface area contributed by atoms with Gasteiger partial charge in [-0.05, 0) is 99.8 Å². The van der Waals surface area contributed by atoms with E-state index in [4.69, 9.17) is 32.7 Å². The van der Waals surface area contributed by atoms with E-state index in [1.54, 1.807) is 49.4 Å². The highest BCUT2D eigenvalue weighted by molar-refractivity contribution is 6.31. The summed E-state index contributed by atoms with van der Waals surface area (Å²) in [4.78, 5) is 61.1. The van der Waals surface area contributed by atoms with Crippen LogP contribution in [0.4, 0.5) is 13.2 Å². The van der Waals surface area contributed by atoms with Gasteiger partial charge in [-0.25, -0.2) is 4.98 Å². The molecule has 2 saturated heterocycles. The maximum absolute atomic E-state index is 14.1. The minimum absolute atomic E-state index is 0.0605. The van der Waals surface area contributed by atoms with E-state index < -0.39 is 66.2 Å². The Morgan fingerprint density at radius 3 is 2.31 bits per heavy atom. The third-order valence-electron chi connectivity index (χ3n) is 11.7. The zero-order valence-corrected chi connectivity index (χ0v) is 37.9. The molecule has 0 bridgehead atoms. The molecule has 0 aliphatic carbocycles. The molecular weight excluding hydrogens is 890 g/mol. The molecule has 2 aliphatic heterocycles. The Morgan fingerprint density at radius 2 is 1.66 bits per heavy atom. The summed E-state index contributed by atoms with van der Waals surface area (Å²) in [5, 5.41) is 19.2. The molecule has 6 rings (SSSR count). The van der Waals surface area contributed by atoms with Gasteiger partial charge in [-0.2, -0.15) is 13.2 Å². The molecule has 0 radical (unpaired) electrons. The summed E-state index contributed by atoms with van der Waals surface area (Å²) in [6.45, 7) is 4.40. The number of amides is 3. The number of benzene rings is 3. The molecule has 3 aromatic carbocycles. The summed E-state index contributed by atoms with van der Waals surface area (Å²) in [6, 6.07) is 17.5. The Kier molecular flexibility index (Phi) is 16.6. The van der Waals surface area contributed by atoms with Crippen LogP contribution in [-0.4, -0.2) is 112 Å². The average molecular weight is 945 g/mol. The highest BCUT2D eigenvalue weighted by Gasteiger charge is 2.44. The van der Waals surface area contributed by atoms with Crippen LogP contribution in [-0.2, 0) is 50.5 Å². The Bertz CT molecular complexity index is 2290. The van der Waals surface area contributed by atoms with Crippen LogP contribution in [0.1, 0.15) is 56.0 Å². The summed E-state index contributed by atoms with van der Waals surface area (Å²) in [5.41, 5.74) is 2.16.